The van der Waals surface area contributed by atoms with Gasteiger partial charge in [0.25, 0.3) is 6.43 Å². The molecule has 1 N–H and O–H groups in total. The maximum Gasteiger partial charge on any atom is 0.272 e. The van der Waals surface area contributed by atoms with Crippen molar-refractivity contribution in [3.8, 4) is 5.75 Å². The third kappa shape index (κ3) is 4.10. The summed E-state index contributed by atoms with van der Waals surface area (Å²) >= 11 is 0. The highest BCUT2D eigenvalue weighted by atomic mass is 19.3. The van der Waals surface area contributed by atoms with Crippen LogP contribution in [0.1, 0.15) is 18.2 Å². The van der Waals surface area contributed by atoms with Gasteiger partial charge in [-0.15, -0.1) is 0 Å². The monoisotopic (exact) mass is 230 g/mol. The van der Waals surface area contributed by atoms with Crippen molar-refractivity contribution in [2.24, 2.45) is 0 Å². The van der Waals surface area contributed by atoms with Gasteiger partial charge in [0, 0.05) is 30.1 Å². The van der Waals surface area contributed by atoms with Gasteiger partial charge >= 0.3 is 0 Å². The summed E-state index contributed by atoms with van der Waals surface area (Å²) in [7, 11) is 0. The minimum Gasteiger partial charge on any atom is -0.487 e. The zero-order chi connectivity index (χ0) is 12.0. The lowest BCUT2D eigenvalue weighted by molar-refractivity contribution is 0.0813. The molecule has 1 aromatic rings. The third-order valence-electron chi connectivity index (χ3n) is 2.01. The molecule has 0 bridgehead atoms. The van der Waals surface area contributed by atoms with Crippen LogP contribution < -0.4 is 10.1 Å². The summed E-state index contributed by atoms with van der Waals surface area (Å²) in [6.07, 6.45) is -0.806. The van der Waals surface area contributed by atoms with Gasteiger partial charge in [-0.25, -0.2) is 8.78 Å². The molecule has 0 aliphatic heterocycles. The van der Waals surface area contributed by atoms with Crippen LogP contribution in [0.2, 0.25) is 0 Å². The largest absolute Gasteiger partial charge is 0.487 e. The fraction of sp³-hybridized carbons (Fsp3) is 0.545. The van der Waals surface area contributed by atoms with Gasteiger partial charge in [0.2, 0.25) is 0 Å². The van der Waals surface area contributed by atoms with E-state index in [1.807, 2.05) is 6.92 Å². The number of hydrogen-bond donors (Lipinski definition) is 1. The lowest BCUT2D eigenvalue weighted by atomic mass is 10.2. The second-order valence-corrected chi connectivity index (χ2v) is 3.42. The summed E-state index contributed by atoms with van der Waals surface area (Å²) in [5.74, 6) is 0.480. The molecule has 3 nitrogen and oxygen atoms in total. The second-order valence-electron chi connectivity index (χ2n) is 3.42. The average molecular weight is 230 g/mol. The third-order valence-corrected chi connectivity index (χ3v) is 2.01. The standard InChI is InChI=1S/C11H16F2N2O/c1-3-14-5-9-6-15-8(2)4-10(9)16-7-11(12)13/h4,6,11,14H,3,5,7H2,1-2H3. The molecule has 0 aliphatic rings. The topological polar surface area (TPSA) is 34.2 Å². The number of nitrogens with zero attached hydrogens (tertiary/aromatic N) is 1. The van der Waals surface area contributed by atoms with Gasteiger partial charge in [0.15, 0.2) is 0 Å². The van der Waals surface area contributed by atoms with E-state index in [-0.39, 0.29) is 0 Å². The number of rotatable bonds is 6. The van der Waals surface area contributed by atoms with E-state index in [1.165, 1.54) is 0 Å². The summed E-state index contributed by atoms with van der Waals surface area (Å²) in [5, 5.41) is 3.10. The van der Waals surface area contributed by atoms with Gasteiger partial charge in [-0.05, 0) is 13.5 Å². The Balaban J connectivity index is 2.72. The van der Waals surface area contributed by atoms with E-state index < -0.39 is 13.0 Å². The Morgan fingerprint density at radius 3 is 2.88 bits per heavy atom. The van der Waals surface area contributed by atoms with Crippen molar-refractivity contribution in [1.82, 2.24) is 10.3 Å². The number of ether oxygens (including phenoxy) is 1. The van der Waals surface area contributed by atoms with Crippen LogP contribution in [-0.2, 0) is 6.54 Å². The van der Waals surface area contributed by atoms with E-state index >= 15 is 0 Å². The van der Waals surface area contributed by atoms with Crippen molar-refractivity contribution in [2.75, 3.05) is 13.2 Å². The molecule has 1 rings (SSSR count). The van der Waals surface area contributed by atoms with Crippen LogP contribution in [0.3, 0.4) is 0 Å². The van der Waals surface area contributed by atoms with Gasteiger partial charge < -0.3 is 10.1 Å². The number of aryl methyl sites for hydroxylation is 1. The summed E-state index contributed by atoms with van der Waals surface area (Å²) in [5.41, 5.74) is 1.55. The highest BCUT2D eigenvalue weighted by molar-refractivity contribution is 5.32. The first-order valence-corrected chi connectivity index (χ1v) is 5.20. The van der Waals surface area contributed by atoms with Crippen molar-refractivity contribution in [1.29, 1.82) is 0 Å². The highest BCUT2D eigenvalue weighted by Crippen LogP contribution is 2.19. The van der Waals surface area contributed by atoms with Gasteiger partial charge in [-0.3, -0.25) is 4.98 Å². The molecule has 0 saturated heterocycles. The minimum atomic E-state index is -2.46. The number of hydrogen-bond acceptors (Lipinski definition) is 3. The molecule has 90 valence electrons. The van der Waals surface area contributed by atoms with Crippen molar-refractivity contribution in [3.05, 3.63) is 23.5 Å². The van der Waals surface area contributed by atoms with Crippen LogP contribution in [-0.4, -0.2) is 24.6 Å². The zero-order valence-corrected chi connectivity index (χ0v) is 9.46. The van der Waals surface area contributed by atoms with Gasteiger partial charge in [0.1, 0.15) is 12.4 Å². The maximum absolute atomic E-state index is 12.0. The molecule has 0 unspecified atom stereocenters. The maximum atomic E-state index is 12.0. The first-order valence-electron chi connectivity index (χ1n) is 5.20. The summed E-state index contributed by atoms with van der Waals surface area (Å²) in [6.45, 7) is 4.57. The van der Waals surface area contributed by atoms with E-state index in [9.17, 15) is 8.78 Å². The van der Waals surface area contributed by atoms with E-state index in [0.29, 0.717) is 12.3 Å². The fourth-order valence-electron chi connectivity index (χ4n) is 1.24. The van der Waals surface area contributed by atoms with E-state index in [0.717, 1.165) is 17.8 Å². The molecule has 1 heterocycles. The zero-order valence-electron chi connectivity index (χ0n) is 9.46. The molecule has 0 saturated carbocycles. The molecule has 5 heteroatoms. The molecule has 0 aliphatic carbocycles. The Labute approximate surface area is 93.8 Å². The first kappa shape index (κ1) is 12.8. The Hall–Kier alpha value is -1.23. The van der Waals surface area contributed by atoms with Crippen molar-refractivity contribution in [3.63, 3.8) is 0 Å². The molecule has 0 spiro atoms. The minimum absolute atomic E-state index is 0.480. The molecule has 0 radical (unpaired) electrons. The Morgan fingerprint density at radius 1 is 1.50 bits per heavy atom. The summed E-state index contributed by atoms with van der Waals surface area (Å²) in [6, 6.07) is 1.68. The lowest BCUT2D eigenvalue weighted by Gasteiger charge is -2.11. The molecule has 0 fully saturated rings. The molecular weight excluding hydrogens is 214 g/mol. The highest BCUT2D eigenvalue weighted by Gasteiger charge is 2.08. The normalized spacial score (nSPS) is 10.8. The first-order chi connectivity index (χ1) is 7.63. The SMILES string of the molecule is CCNCc1cnc(C)cc1OCC(F)F. The Kier molecular flexibility index (Phi) is 5.11. The smallest absolute Gasteiger partial charge is 0.272 e. The van der Waals surface area contributed by atoms with E-state index in [1.54, 1.807) is 19.2 Å². The van der Waals surface area contributed by atoms with Crippen LogP contribution in [0.15, 0.2) is 12.3 Å². The number of aromatic nitrogens is 1. The summed E-state index contributed by atoms with van der Waals surface area (Å²) in [4.78, 5) is 4.11. The van der Waals surface area contributed by atoms with E-state index in [4.69, 9.17) is 4.74 Å². The molecular formula is C11H16F2N2O. The Bertz CT molecular complexity index is 332. The number of halogens is 2. The van der Waals surface area contributed by atoms with Crippen molar-refractivity contribution in [2.45, 2.75) is 26.8 Å². The number of alkyl halides is 2. The van der Waals surface area contributed by atoms with Gasteiger partial charge in [0.05, 0.1) is 0 Å². The molecule has 0 atom stereocenters. The fourth-order valence-corrected chi connectivity index (χ4v) is 1.24. The predicted molar refractivity (Wildman–Crippen MR) is 57.9 cm³/mol. The van der Waals surface area contributed by atoms with Gasteiger partial charge in [-0.1, -0.05) is 6.92 Å². The van der Waals surface area contributed by atoms with Crippen LogP contribution in [0.25, 0.3) is 0 Å². The average Bonchev–Trinajstić information content (AvgIpc) is 2.25. The van der Waals surface area contributed by atoms with Crippen molar-refractivity contribution < 1.29 is 13.5 Å². The molecule has 0 amide bonds. The van der Waals surface area contributed by atoms with E-state index in [2.05, 4.69) is 10.3 Å². The summed E-state index contributed by atoms with van der Waals surface area (Å²) < 4.78 is 29.1. The quantitative estimate of drug-likeness (QED) is 0.813. The molecule has 16 heavy (non-hydrogen) atoms. The number of pyridine rings is 1. The predicted octanol–water partition coefficient (Wildman–Crippen LogP) is 2.14. The molecule has 0 aromatic carbocycles. The van der Waals surface area contributed by atoms with Crippen LogP contribution in [0, 0.1) is 6.92 Å². The van der Waals surface area contributed by atoms with Crippen LogP contribution in [0.4, 0.5) is 8.78 Å². The lowest BCUT2D eigenvalue weighted by Crippen LogP contribution is -2.15. The Morgan fingerprint density at radius 2 is 2.25 bits per heavy atom. The second kappa shape index (κ2) is 6.37. The number of nitrogens with one attached hydrogen (secondary N) is 1. The van der Waals surface area contributed by atoms with Crippen LogP contribution in [0.5, 0.6) is 5.75 Å². The molecule has 1 aromatic heterocycles. The van der Waals surface area contributed by atoms with Gasteiger partial charge in [-0.2, -0.15) is 0 Å². The van der Waals surface area contributed by atoms with Crippen LogP contribution >= 0.6 is 0 Å². The van der Waals surface area contributed by atoms with Crippen molar-refractivity contribution >= 4 is 0 Å².